The second-order valence-electron chi connectivity index (χ2n) is 18.3. The van der Waals surface area contributed by atoms with E-state index in [4.69, 9.17) is 24.9 Å². The van der Waals surface area contributed by atoms with Crippen LogP contribution in [0.2, 0.25) is 0 Å². The Morgan fingerprint density at radius 1 is 0.329 bits per heavy atom. The number of para-hydroxylation sites is 4. The standard InChI is InChI=1S/C65H39N7S/c1-5-21-40(22-6-1)58-45-29-13-17-33-50(45)66-64(67-58)43-37-38-53(49(39-43)65-69-62(41-23-7-2-8-24-41)68-63(70-65)42-25-9-3-10-26-42)72-52-35-19-15-31-47(52)57-60(72)59-55(56-48-32-16-20-36-54(48)73-61(56)57)46-30-14-18-34-51(46)71(59)44-27-11-4-12-28-44/h1-39H. The largest absolute Gasteiger partial charge is 0.307 e. The zero-order chi connectivity index (χ0) is 48.0. The van der Waals surface area contributed by atoms with E-state index in [0.29, 0.717) is 23.3 Å². The van der Waals surface area contributed by atoms with Crippen molar-refractivity contribution in [1.29, 1.82) is 0 Å². The van der Waals surface area contributed by atoms with Gasteiger partial charge in [0, 0.05) is 80.6 Å². The molecule has 5 aromatic heterocycles. The third-order valence-corrected chi connectivity index (χ3v) is 15.3. The van der Waals surface area contributed by atoms with Crippen molar-refractivity contribution in [2.24, 2.45) is 0 Å². The van der Waals surface area contributed by atoms with Gasteiger partial charge in [-0.05, 0) is 54.6 Å². The third-order valence-electron chi connectivity index (χ3n) is 14.1. The smallest absolute Gasteiger partial charge is 0.166 e. The maximum absolute atomic E-state index is 5.44. The highest BCUT2D eigenvalue weighted by Crippen LogP contribution is 2.52. The SMILES string of the molecule is c1ccc(-c2nc(-c3ccccc3)nc(-c3cc(-c4nc(-c5ccccc5)c5ccccc5n4)ccc3-n3c4ccccc4c4c5sc6ccccc6c5c5c6ccccc6n(-c6ccccc6)c5c43)n2)cc1. The summed E-state index contributed by atoms with van der Waals surface area (Å²) in [6.45, 7) is 0. The average molecular weight is 950 g/mol. The minimum absolute atomic E-state index is 0.530. The van der Waals surface area contributed by atoms with Gasteiger partial charge in [-0.3, -0.25) is 0 Å². The van der Waals surface area contributed by atoms with Crippen molar-refractivity contribution in [3.63, 3.8) is 0 Å². The average Bonchev–Trinajstić information content (AvgIpc) is 4.21. The molecule has 0 aliphatic heterocycles. The lowest BCUT2D eigenvalue weighted by molar-refractivity contribution is 1.06. The van der Waals surface area contributed by atoms with Crippen LogP contribution in [0.3, 0.4) is 0 Å². The fraction of sp³-hybridized carbons (Fsp3) is 0. The van der Waals surface area contributed by atoms with Crippen LogP contribution in [0.1, 0.15) is 0 Å². The monoisotopic (exact) mass is 949 g/mol. The normalized spacial score (nSPS) is 11.8. The minimum Gasteiger partial charge on any atom is -0.307 e. The summed E-state index contributed by atoms with van der Waals surface area (Å²) in [4.78, 5) is 26.7. The van der Waals surface area contributed by atoms with E-state index in [9.17, 15) is 0 Å². The number of nitrogens with zero attached hydrogens (tertiary/aromatic N) is 7. The molecule has 8 heteroatoms. The van der Waals surface area contributed by atoms with Crippen LogP contribution in [0, 0.1) is 0 Å². The van der Waals surface area contributed by atoms with Gasteiger partial charge in [-0.2, -0.15) is 0 Å². The van der Waals surface area contributed by atoms with E-state index < -0.39 is 0 Å². The van der Waals surface area contributed by atoms with Gasteiger partial charge in [0.1, 0.15) is 0 Å². The summed E-state index contributed by atoms with van der Waals surface area (Å²) in [6, 6.07) is 82.9. The Morgan fingerprint density at radius 2 is 0.836 bits per heavy atom. The number of fused-ring (bicyclic) bond motifs is 13. The van der Waals surface area contributed by atoms with Crippen molar-refractivity contribution in [2.75, 3.05) is 0 Å². The number of rotatable bonds is 7. The molecular formula is C65H39N7S. The molecule has 73 heavy (non-hydrogen) atoms. The van der Waals surface area contributed by atoms with E-state index in [0.717, 1.165) is 83.2 Å². The topological polar surface area (TPSA) is 74.3 Å². The highest BCUT2D eigenvalue weighted by molar-refractivity contribution is 7.27. The molecule has 0 aliphatic carbocycles. The molecule has 0 fully saturated rings. The number of benzene rings is 10. The van der Waals surface area contributed by atoms with Crippen LogP contribution in [0.5, 0.6) is 0 Å². The molecule has 0 amide bonds. The van der Waals surface area contributed by atoms with Crippen molar-refractivity contribution in [1.82, 2.24) is 34.1 Å². The lowest BCUT2D eigenvalue weighted by Gasteiger charge is -2.18. The lowest BCUT2D eigenvalue weighted by Crippen LogP contribution is -2.05. The molecule has 7 nitrogen and oxygen atoms in total. The number of thiophene rings is 1. The first-order valence-corrected chi connectivity index (χ1v) is 25.2. The summed E-state index contributed by atoms with van der Waals surface area (Å²) in [5, 5.41) is 8.29. The van der Waals surface area contributed by atoms with Gasteiger partial charge in [-0.15, -0.1) is 11.3 Å². The Kier molecular flexibility index (Phi) is 9.30. The van der Waals surface area contributed by atoms with E-state index in [-0.39, 0.29) is 0 Å². The molecule has 0 bridgehead atoms. The number of hydrogen-bond donors (Lipinski definition) is 0. The van der Waals surface area contributed by atoms with Gasteiger partial charge in [-0.25, -0.2) is 24.9 Å². The molecule has 0 N–H and O–H groups in total. The van der Waals surface area contributed by atoms with Crippen LogP contribution in [0.15, 0.2) is 237 Å². The van der Waals surface area contributed by atoms with Gasteiger partial charge in [0.25, 0.3) is 0 Å². The zero-order valence-corrected chi connectivity index (χ0v) is 39.9. The summed E-state index contributed by atoms with van der Waals surface area (Å²) >= 11 is 1.87. The highest BCUT2D eigenvalue weighted by Gasteiger charge is 2.29. The number of aromatic nitrogens is 7. The molecule has 10 aromatic carbocycles. The number of hydrogen-bond acceptors (Lipinski definition) is 6. The third kappa shape index (κ3) is 6.47. The Hall–Kier alpha value is -9.63. The van der Waals surface area contributed by atoms with Gasteiger partial charge in [0.15, 0.2) is 23.3 Å². The molecule has 0 spiro atoms. The van der Waals surface area contributed by atoms with E-state index in [2.05, 4.69) is 191 Å². The van der Waals surface area contributed by atoms with Gasteiger partial charge in [0.05, 0.1) is 39.0 Å². The molecule has 0 atom stereocenters. The molecule has 0 saturated carbocycles. The summed E-state index contributed by atoms with van der Waals surface area (Å²) in [6.07, 6.45) is 0. The van der Waals surface area contributed by atoms with Gasteiger partial charge >= 0.3 is 0 Å². The zero-order valence-electron chi connectivity index (χ0n) is 39.1. The molecule has 0 saturated heterocycles. The molecule has 15 aromatic rings. The van der Waals surface area contributed by atoms with Gasteiger partial charge in [-0.1, -0.05) is 182 Å². The Bertz CT molecular complexity index is 4600. The van der Waals surface area contributed by atoms with E-state index >= 15 is 0 Å². The van der Waals surface area contributed by atoms with Crippen LogP contribution in [0.25, 0.3) is 143 Å². The molecule has 15 rings (SSSR count). The lowest BCUT2D eigenvalue weighted by atomic mass is 10.0. The van der Waals surface area contributed by atoms with Crippen molar-refractivity contribution < 1.29 is 0 Å². The summed E-state index contributed by atoms with van der Waals surface area (Å²) in [7, 11) is 0. The van der Waals surface area contributed by atoms with Crippen molar-refractivity contribution >= 4 is 86.0 Å². The van der Waals surface area contributed by atoms with E-state index in [1.807, 2.05) is 65.9 Å². The molecule has 5 heterocycles. The predicted octanol–water partition coefficient (Wildman–Crippen LogP) is 16.7. The Labute approximate surface area is 422 Å². The first-order chi connectivity index (χ1) is 36.2. The highest BCUT2D eigenvalue weighted by atomic mass is 32.1. The quantitative estimate of drug-likeness (QED) is 0.159. The molecule has 0 aliphatic rings. The van der Waals surface area contributed by atoms with Gasteiger partial charge in [0.2, 0.25) is 0 Å². The van der Waals surface area contributed by atoms with Crippen LogP contribution < -0.4 is 0 Å². The van der Waals surface area contributed by atoms with Crippen molar-refractivity contribution in [2.45, 2.75) is 0 Å². The summed E-state index contributed by atoms with van der Waals surface area (Å²) in [5.74, 6) is 2.29. The van der Waals surface area contributed by atoms with Gasteiger partial charge < -0.3 is 9.13 Å². The second kappa shape index (κ2) is 16.5. The van der Waals surface area contributed by atoms with E-state index in [1.165, 1.54) is 36.3 Å². The van der Waals surface area contributed by atoms with E-state index in [1.54, 1.807) is 0 Å². The Morgan fingerprint density at radius 3 is 1.52 bits per heavy atom. The second-order valence-corrected chi connectivity index (χ2v) is 19.4. The van der Waals surface area contributed by atoms with Crippen LogP contribution in [-0.2, 0) is 0 Å². The minimum atomic E-state index is 0.530. The Balaban J connectivity index is 1.13. The predicted molar refractivity (Wildman–Crippen MR) is 302 cm³/mol. The molecule has 0 unspecified atom stereocenters. The van der Waals surface area contributed by atoms with Crippen molar-refractivity contribution in [3.8, 4) is 68.2 Å². The molecular weight excluding hydrogens is 911 g/mol. The fourth-order valence-electron chi connectivity index (χ4n) is 11.0. The maximum Gasteiger partial charge on any atom is 0.166 e. The summed E-state index contributed by atoms with van der Waals surface area (Å²) < 4.78 is 7.45. The van der Waals surface area contributed by atoms with Crippen LogP contribution in [0.4, 0.5) is 0 Å². The summed E-state index contributed by atoms with van der Waals surface area (Å²) in [5.41, 5.74) is 12.6. The first-order valence-electron chi connectivity index (χ1n) is 24.4. The van der Waals surface area contributed by atoms with Crippen LogP contribution >= 0.6 is 11.3 Å². The van der Waals surface area contributed by atoms with Crippen LogP contribution in [-0.4, -0.2) is 34.1 Å². The first kappa shape index (κ1) is 41.2. The fourth-order valence-corrected chi connectivity index (χ4v) is 12.2. The van der Waals surface area contributed by atoms with Crippen molar-refractivity contribution in [3.05, 3.63) is 237 Å². The molecule has 340 valence electrons. The maximum atomic E-state index is 5.44. The molecule has 0 radical (unpaired) electrons.